The predicted octanol–water partition coefficient (Wildman–Crippen LogP) is 5.37. The van der Waals surface area contributed by atoms with Crippen molar-refractivity contribution in [2.45, 2.75) is 46.2 Å². The summed E-state index contributed by atoms with van der Waals surface area (Å²) in [5.41, 5.74) is 1.49. The van der Waals surface area contributed by atoms with Crippen LogP contribution in [0.3, 0.4) is 0 Å². The molecule has 1 saturated heterocycles. The summed E-state index contributed by atoms with van der Waals surface area (Å²) in [6, 6.07) is 10.4. The minimum Gasteiger partial charge on any atom is -0.490 e. The number of amides is 1. The molecule has 2 aromatic rings. The first-order valence-electron chi connectivity index (χ1n) is 11.3. The second-order valence-corrected chi connectivity index (χ2v) is 8.46. The van der Waals surface area contributed by atoms with E-state index in [1.165, 1.54) is 6.07 Å². The zero-order valence-electron chi connectivity index (χ0n) is 19.0. The molecule has 174 valence electrons. The van der Waals surface area contributed by atoms with Crippen LogP contribution in [0.1, 0.15) is 50.8 Å². The minimum absolute atomic E-state index is 0.0490. The fourth-order valence-corrected chi connectivity index (χ4v) is 4.23. The molecule has 32 heavy (non-hydrogen) atoms. The molecule has 0 bridgehead atoms. The number of ether oxygens (including phenoxy) is 2. The van der Waals surface area contributed by atoms with E-state index in [0.717, 1.165) is 31.5 Å². The number of hydrogen-bond acceptors (Lipinski definition) is 4. The fourth-order valence-electron chi connectivity index (χ4n) is 4.01. The fraction of sp³-hybridized carbons (Fsp3) is 0.480. The van der Waals surface area contributed by atoms with Crippen LogP contribution in [0.2, 0.25) is 5.02 Å². The molecular weight excluding hydrogens is 431 g/mol. The summed E-state index contributed by atoms with van der Waals surface area (Å²) in [5, 5.41) is 3.58. The number of piperidine rings is 1. The number of hydrogen-bond donors (Lipinski definition) is 1. The monoisotopic (exact) mass is 462 g/mol. The molecule has 0 radical (unpaired) electrons. The van der Waals surface area contributed by atoms with Crippen LogP contribution < -0.4 is 14.8 Å². The molecule has 1 amide bonds. The van der Waals surface area contributed by atoms with Gasteiger partial charge in [0.2, 0.25) is 5.91 Å². The molecule has 1 aliphatic rings. The molecule has 1 fully saturated rings. The second-order valence-electron chi connectivity index (χ2n) is 8.05. The summed E-state index contributed by atoms with van der Waals surface area (Å²) < 4.78 is 25.4. The van der Waals surface area contributed by atoms with Crippen molar-refractivity contribution < 1.29 is 18.7 Å². The molecule has 7 heteroatoms. The highest BCUT2D eigenvalue weighted by Gasteiger charge is 2.27. The number of benzene rings is 2. The highest BCUT2D eigenvalue weighted by molar-refractivity contribution is 6.31. The standard InChI is InChI=1S/C25H32ClFN2O3/c1-4-31-23-10-9-19(15-24(23)32-5-2)17(3)28-25(30)18-11-13-29(14-12-18)16-20-21(26)7-6-8-22(20)27/h6-10,15,17-18H,4-5,11-14,16H2,1-3H3,(H,28,30)/t17-/m1/s1. The van der Waals surface area contributed by atoms with Gasteiger partial charge in [-0.3, -0.25) is 9.69 Å². The Morgan fingerprint density at radius 3 is 2.50 bits per heavy atom. The lowest BCUT2D eigenvalue weighted by atomic mass is 9.94. The van der Waals surface area contributed by atoms with Crippen molar-refractivity contribution in [2.75, 3.05) is 26.3 Å². The zero-order valence-corrected chi connectivity index (χ0v) is 19.8. The van der Waals surface area contributed by atoms with E-state index in [-0.39, 0.29) is 23.7 Å². The molecule has 1 N–H and O–H groups in total. The molecule has 1 heterocycles. The molecule has 0 aromatic heterocycles. The lowest BCUT2D eigenvalue weighted by Gasteiger charge is -2.32. The van der Waals surface area contributed by atoms with E-state index in [0.29, 0.717) is 41.8 Å². The smallest absolute Gasteiger partial charge is 0.223 e. The summed E-state index contributed by atoms with van der Waals surface area (Å²) in [7, 11) is 0. The van der Waals surface area contributed by atoms with Gasteiger partial charge in [0.05, 0.1) is 19.3 Å². The SMILES string of the molecule is CCOc1ccc([C@@H](C)NC(=O)C2CCN(Cc3c(F)cccc3Cl)CC2)cc1OCC. The van der Waals surface area contributed by atoms with Gasteiger partial charge >= 0.3 is 0 Å². The lowest BCUT2D eigenvalue weighted by molar-refractivity contribution is -0.127. The van der Waals surface area contributed by atoms with Crippen LogP contribution in [0.15, 0.2) is 36.4 Å². The second kappa shape index (κ2) is 11.5. The van der Waals surface area contributed by atoms with E-state index in [4.69, 9.17) is 21.1 Å². The number of carbonyl (C=O) groups is 1. The molecule has 2 aromatic carbocycles. The quantitative estimate of drug-likeness (QED) is 0.544. The van der Waals surface area contributed by atoms with E-state index in [2.05, 4.69) is 10.2 Å². The first kappa shape index (κ1) is 24.3. The van der Waals surface area contributed by atoms with Gasteiger partial charge in [0.15, 0.2) is 11.5 Å². The molecule has 0 unspecified atom stereocenters. The number of likely N-dealkylation sites (tertiary alicyclic amines) is 1. The van der Waals surface area contributed by atoms with Crippen molar-refractivity contribution in [3.63, 3.8) is 0 Å². The number of rotatable bonds is 9. The molecule has 0 spiro atoms. The van der Waals surface area contributed by atoms with Crippen LogP contribution in [-0.2, 0) is 11.3 Å². The molecule has 1 atom stereocenters. The van der Waals surface area contributed by atoms with Crippen LogP contribution in [0, 0.1) is 11.7 Å². The Morgan fingerprint density at radius 2 is 1.84 bits per heavy atom. The third kappa shape index (κ3) is 6.14. The van der Waals surface area contributed by atoms with Gasteiger partial charge in [-0.25, -0.2) is 4.39 Å². The van der Waals surface area contributed by atoms with Gasteiger partial charge in [-0.15, -0.1) is 0 Å². The van der Waals surface area contributed by atoms with Crippen molar-refractivity contribution in [2.24, 2.45) is 5.92 Å². The average Bonchev–Trinajstić information content (AvgIpc) is 2.78. The van der Waals surface area contributed by atoms with Crippen LogP contribution in [0.4, 0.5) is 4.39 Å². The Morgan fingerprint density at radius 1 is 1.16 bits per heavy atom. The molecule has 3 rings (SSSR count). The van der Waals surface area contributed by atoms with Gasteiger partial charge in [0.1, 0.15) is 5.82 Å². The molecular formula is C25H32ClFN2O3. The van der Waals surface area contributed by atoms with E-state index >= 15 is 0 Å². The number of carbonyl (C=O) groups excluding carboxylic acids is 1. The van der Waals surface area contributed by atoms with Crippen LogP contribution in [0.25, 0.3) is 0 Å². The molecule has 1 aliphatic heterocycles. The molecule has 0 saturated carbocycles. The van der Waals surface area contributed by atoms with Crippen molar-refractivity contribution in [1.29, 1.82) is 0 Å². The summed E-state index contributed by atoms with van der Waals surface area (Å²) in [4.78, 5) is 15.0. The van der Waals surface area contributed by atoms with Gasteiger partial charge in [-0.05, 0) is 76.5 Å². The van der Waals surface area contributed by atoms with E-state index in [1.807, 2.05) is 39.0 Å². The van der Waals surface area contributed by atoms with Crippen molar-refractivity contribution >= 4 is 17.5 Å². The zero-order chi connectivity index (χ0) is 23.1. The molecule has 5 nitrogen and oxygen atoms in total. The maximum absolute atomic E-state index is 14.1. The predicted molar refractivity (Wildman–Crippen MR) is 125 cm³/mol. The topological polar surface area (TPSA) is 50.8 Å². The largest absolute Gasteiger partial charge is 0.490 e. The Hall–Kier alpha value is -2.31. The number of nitrogens with zero attached hydrogens (tertiary/aromatic N) is 1. The van der Waals surface area contributed by atoms with Crippen LogP contribution in [0.5, 0.6) is 11.5 Å². The highest BCUT2D eigenvalue weighted by Crippen LogP contribution is 2.31. The third-order valence-electron chi connectivity index (χ3n) is 5.83. The van der Waals surface area contributed by atoms with Crippen molar-refractivity contribution in [3.05, 3.63) is 58.4 Å². The highest BCUT2D eigenvalue weighted by atomic mass is 35.5. The Labute approximate surface area is 194 Å². The van der Waals surface area contributed by atoms with E-state index in [1.54, 1.807) is 12.1 Å². The van der Waals surface area contributed by atoms with Crippen LogP contribution in [-0.4, -0.2) is 37.1 Å². The van der Waals surface area contributed by atoms with Crippen molar-refractivity contribution in [1.82, 2.24) is 10.2 Å². The summed E-state index contributed by atoms with van der Waals surface area (Å²) in [6.45, 7) is 8.86. The first-order chi connectivity index (χ1) is 15.4. The normalized spacial score (nSPS) is 15.9. The summed E-state index contributed by atoms with van der Waals surface area (Å²) >= 11 is 6.15. The Balaban J connectivity index is 1.55. The maximum atomic E-state index is 14.1. The maximum Gasteiger partial charge on any atom is 0.223 e. The Kier molecular flexibility index (Phi) is 8.76. The van der Waals surface area contributed by atoms with Gasteiger partial charge in [-0.1, -0.05) is 23.7 Å². The van der Waals surface area contributed by atoms with Gasteiger partial charge in [0.25, 0.3) is 0 Å². The summed E-state index contributed by atoms with van der Waals surface area (Å²) in [5.74, 6) is 1.10. The Bertz CT molecular complexity index is 896. The van der Waals surface area contributed by atoms with Gasteiger partial charge in [-0.2, -0.15) is 0 Å². The lowest BCUT2D eigenvalue weighted by Crippen LogP contribution is -2.41. The average molecular weight is 463 g/mol. The van der Waals surface area contributed by atoms with Crippen molar-refractivity contribution in [3.8, 4) is 11.5 Å². The van der Waals surface area contributed by atoms with Gasteiger partial charge < -0.3 is 14.8 Å². The van der Waals surface area contributed by atoms with E-state index < -0.39 is 0 Å². The van der Waals surface area contributed by atoms with Gasteiger partial charge in [0, 0.05) is 23.0 Å². The third-order valence-corrected chi connectivity index (χ3v) is 6.18. The van der Waals surface area contributed by atoms with E-state index in [9.17, 15) is 9.18 Å². The minimum atomic E-state index is -0.284. The molecule has 0 aliphatic carbocycles. The first-order valence-corrected chi connectivity index (χ1v) is 11.7. The summed E-state index contributed by atoms with van der Waals surface area (Å²) in [6.07, 6.45) is 1.47. The van der Waals surface area contributed by atoms with Crippen LogP contribution >= 0.6 is 11.6 Å². The number of halogens is 2. The number of nitrogens with one attached hydrogen (secondary N) is 1.